The molecule has 3 aromatic rings. The fourth-order valence-electron chi connectivity index (χ4n) is 2.12. The highest BCUT2D eigenvalue weighted by Gasteiger charge is 2.11. The van der Waals surface area contributed by atoms with Gasteiger partial charge in [0.2, 0.25) is 5.28 Å². The van der Waals surface area contributed by atoms with Crippen molar-refractivity contribution in [2.24, 2.45) is 7.05 Å². The van der Waals surface area contributed by atoms with Crippen LogP contribution in [-0.2, 0) is 7.05 Å². The molecule has 0 N–H and O–H groups in total. The number of halogens is 1. The number of benzene rings is 1. The second-order valence-electron chi connectivity index (χ2n) is 3.90. The van der Waals surface area contributed by atoms with Crippen LogP contribution in [0.2, 0.25) is 5.28 Å². The summed E-state index contributed by atoms with van der Waals surface area (Å²) in [7, 11) is 1.92. The van der Waals surface area contributed by atoms with Gasteiger partial charge >= 0.3 is 0 Å². The van der Waals surface area contributed by atoms with E-state index in [9.17, 15) is 0 Å². The van der Waals surface area contributed by atoms with Gasteiger partial charge in [-0.05, 0) is 42.3 Å². The Balaban J connectivity index is 2.65. The third-order valence-corrected chi connectivity index (χ3v) is 3.20. The Morgan fingerprint density at radius 1 is 1.38 bits per heavy atom. The normalized spacial score (nSPS) is 11.4. The highest BCUT2D eigenvalue weighted by Crippen LogP contribution is 2.28. The Kier molecular flexibility index (Phi) is 1.91. The van der Waals surface area contributed by atoms with Gasteiger partial charge in [0, 0.05) is 18.6 Å². The molecule has 0 unspecified atom stereocenters. The van der Waals surface area contributed by atoms with Gasteiger partial charge in [0.1, 0.15) is 0 Å². The van der Waals surface area contributed by atoms with E-state index >= 15 is 0 Å². The van der Waals surface area contributed by atoms with Crippen molar-refractivity contribution in [3.63, 3.8) is 0 Å². The molecule has 3 rings (SSSR count). The molecule has 0 amide bonds. The zero-order valence-electron chi connectivity index (χ0n) is 9.03. The molecular weight excluding hydrogens is 222 g/mol. The minimum absolute atomic E-state index is 0.509. The summed E-state index contributed by atoms with van der Waals surface area (Å²) >= 11 is 6.06. The van der Waals surface area contributed by atoms with Crippen LogP contribution in [0.5, 0.6) is 0 Å². The van der Waals surface area contributed by atoms with Crippen LogP contribution in [0.25, 0.3) is 21.9 Å². The van der Waals surface area contributed by atoms with E-state index in [0.29, 0.717) is 5.28 Å². The third kappa shape index (κ3) is 1.15. The number of rotatable bonds is 0. The van der Waals surface area contributed by atoms with Gasteiger partial charge in [-0.15, -0.1) is 0 Å². The smallest absolute Gasteiger partial charge is 0.203 e. The maximum Gasteiger partial charge on any atom is 0.203 e. The molecule has 0 aliphatic heterocycles. The second-order valence-corrected chi connectivity index (χ2v) is 4.24. The molecule has 0 spiro atoms. The maximum atomic E-state index is 6.06. The number of fused-ring (bicyclic) bond motifs is 3. The van der Waals surface area contributed by atoms with Crippen molar-refractivity contribution in [2.45, 2.75) is 6.92 Å². The van der Waals surface area contributed by atoms with Crippen LogP contribution < -0.4 is 0 Å². The summed E-state index contributed by atoms with van der Waals surface area (Å²) in [5, 5.41) is 1.56. The van der Waals surface area contributed by atoms with Gasteiger partial charge in [0.15, 0.2) is 0 Å². The first kappa shape index (κ1) is 9.60. The number of nitrogens with zero attached hydrogens (tertiary/aromatic N) is 3. The quantitative estimate of drug-likeness (QED) is 0.595. The van der Waals surface area contributed by atoms with E-state index in [1.807, 2.05) is 23.7 Å². The first-order valence-electron chi connectivity index (χ1n) is 5.05. The molecule has 16 heavy (non-hydrogen) atoms. The van der Waals surface area contributed by atoms with Gasteiger partial charge in [-0.2, -0.15) is 0 Å². The van der Waals surface area contributed by atoms with Crippen LogP contribution in [0.4, 0.5) is 0 Å². The van der Waals surface area contributed by atoms with E-state index in [4.69, 9.17) is 11.6 Å². The Morgan fingerprint density at radius 2 is 2.19 bits per heavy atom. The van der Waals surface area contributed by atoms with Gasteiger partial charge < -0.3 is 4.57 Å². The lowest BCUT2D eigenvalue weighted by Crippen LogP contribution is -1.90. The van der Waals surface area contributed by atoms with Gasteiger partial charge in [-0.25, -0.2) is 4.98 Å². The largest absolute Gasteiger partial charge is 0.318 e. The van der Waals surface area contributed by atoms with Crippen molar-refractivity contribution in [3.8, 4) is 0 Å². The summed E-state index contributed by atoms with van der Waals surface area (Å²) in [4.78, 5) is 8.73. The maximum absolute atomic E-state index is 6.06. The van der Waals surface area contributed by atoms with Gasteiger partial charge in [0.05, 0.1) is 16.6 Å². The van der Waals surface area contributed by atoms with Crippen molar-refractivity contribution < 1.29 is 0 Å². The first-order chi connectivity index (χ1) is 7.68. The molecule has 4 heteroatoms. The second kappa shape index (κ2) is 3.19. The summed E-state index contributed by atoms with van der Waals surface area (Å²) < 4.78 is 1.90. The highest BCUT2D eigenvalue weighted by molar-refractivity contribution is 6.29. The molecule has 0 aliphatic carbocycles. The average Bonchev–Trinajstić information content (AvgIpc) is 2.57. The van der Waals surface area contributed by atoms with Gasteiger partial charge in [-0.3, -0.25) is 4.98 Å². The zero-order valence-corrected chi connectivity index (χ0v) is 9.78. The molecule has 2 heterocycles. The minimum Gasteiger partial charge on any atom is -0.318 e. The van der Waals surface area contributed by atoms with Crippen molar-refractivity contribution in [1.29, 1.82) is 0 Å². The van der Waals surface area contributed by atoms with Crippen molar-refractivity contribution in [3.05, 3.63) is 35.2 Å². The molecule has 80 valence electrons. The number of aromatic nitrogens is 3. The molecule has 0 aliphatic rings. The van der Waals surface area contributed by atoms with Crippen molar-refractivity contribution >= 4 is 33.5 Å². The van der Waals surface area contributed by atoms with E-state index in [2.05, 4.69) is 23.0 Å². The first-order valence-corrected chi connectivity index (χ1v) is 5.42. The summed E-state index contributed by atoms with van der Waals surface area (Å²) in [5.41, 5.74) is 4.10. The van der Waals surface area contributed by atoms with Crippen molar-refractivity contribution in [1.82, 2.24) is 14.5 Å². The number of hydrogen-bond acceptors (Lipinski definition) is 2. The fraction of sp³-hybridized carbons (Fsp3) is 0.167. The topological polar surface area (TPSA) is 30.7 Å². The fourth-order valence-corrected chi connectivity index (χ4v) is 2.29. The Hall–Kier alpha value is -1.61. The van der Waals surface area contributed by atoms with Crippen LogP contribution in [0.1, 0.15) is 5.56 Å². The molecule has 2 aromatic heterocycles. The highest BCUT2D eigenvalue weighted by atomic mass is 35.5. The molecule has 0 atom stereocenters. The van der Waals surface area contributed by atoms with Crippen LogP contribution in [0.15, 0.2) is 24.4 Å². The molecule has 0 bridgehead atoms. The predicted molar refractivity (Wildman–Crippen MR) is 65.8 cm³/mol. The summed E-state index contributed by atoms with van der Waals surface area (Å²) in [6.07, 6.45) is 1.79. The summed E-state index contributed by atoms with van der Waals surface area (Å²) in [5.74, 6) is 0. The Labute approximate surface area is 97.7 Å². The Morgan fingerprint density at radius 3 is 3.00 bits per heavy atom. The predicted octanol–water partition coefficient (Wildman–Crippen LogP) is 3.08. The molecule has 0 saturated heterocycles. The molecule has 3 nitrogen and oxygen atoms in total. The SMILES string of the molecule is Cc1cc2ncccc2c2nc(Cl)n(C)c12. The average molecular weight is 232 g/mol. The molecule has 0 radical (unpaired) electrons. The third-order valence-electron chi connectivity index (χ3n) is 2.86. The minimum atomic E-state index is 0.509. The standard InChI is InChI=1S/C12H10ClN3/c1-7-6-9-8(4-3-5-14-9)10-11(7)16(2)12(13)15-10/h3-6H,1-2H3. The van der Waals surface area contributed by atoms with E-state index < -0.39 is 0 Å². The van der Waals surface area contributed by atoms with Gasteiger partial charge in [0.25, 0.3) is 0 Å². The van der Waals surface area contributed by atoms with E-state index in [-0.39, 0.29) is 0 Å². The molecule has 0 saturated carbocycles. The molecule has 0 fully saturated rings. The summed E-state index contributed by atoms with van der Waals surface area (Å²) in [6.45, 7) is 2.05. The van der Waals surface area contributed by atoms with Crippen LogP contribution in [-0.4, -0.2) is 14.5 Å². The van der Waals surface area contributed by atoms with Crippen molar-refractivity contribution in [2.75, 3.05) is 0 Å². The van der Waals surface area contributed by atoms with Gasteiger partial charge in [-0.1, -0.05) is 0 Å². The molecule has 1 aromatic carbocycles. The molecular formula is C12H10ClN3. The Bertz CT molecular complexity index is 700. The summed E-state index contributed by atoms with van der Waals surface area (Å²) in [6, 6.07) is 6.00. The lowest BCUT2D eigenvalue weighted by molar-refractivity contribution is 0.945. The van der Waals surface area contributed by atoms with Crippen LogP contribution >= 0.6 is 11.6 Å². The number of imidazole rings is 1. The van der Waals surface area contributed by atoms with E-state index in [1.165, 1.54) is 0 Å². The number of hydrogen-bond donors (Lipinski definition) is 0. The lowest BCUT2D eigenvalue weighted by atomic mass is 10.1. The number of aryl methyl sites for hydroxylation is 2. The van der Waals surface area contributed by atoms with Crippen LogP contribution in [0, 0.1) is 6.92 Å². The monoisotopic (exact) mass is 231 g/mol. The lowest BCUT2D eigenvalue weighted by Gasteiger charge is -2.03. The van der Waals surface area contributed by atoms with E-state index in [0.717, 1.165) is 27.5 Å². The zero-order chi connectivity index (χ0) is 11.3. The number of pyridine rings is 1. The van der Waals surface area contributed by atoms with E-state index in [1.54, 1.807) is 6.20 Å². The van der Waals surface area contributed by atoms with Crippen LogP contribution in [0.3, 0.4) is 0 Å².